The van der Waals surface area contributed by atoms with Crippen molar-refractivity contribution >= 4 is 23.8 Å². The second-order valence-corrected chi connectivity index (χ2v) is 4.91. The first kappa shape index (κ1) is 17.2. The zero-order chi connectivity index (χ0) is 17.5. The Kier molecular flexibility index (Phi) is 5.67. The smallest absolute Gasteiger partial charge is 0.407 e. The minimum atomic E-state index is -0.621. The molecule has 126 valence electrons. The van der Waals surface area contributed by atoms with Crippen LogP contribution in [-0.4, -0.2) is 55.0 Å². The SMILES string of the molecule is C=CCOC(=O)NCCNC(=O)CN1C(=O)c2ccccc2C1=O. The van der Waals surface area contributed by atoms with Gasteiger partial charge in [0.1, 0.15) is 13.2 Å². The Hall–Kier alpha value is -3.16. The highest BCUT2D eigenvalue weighted by Gasteiger charge is 2.36. The van der Waals surface area contributed by atoms with Crippen molar-refractivity contribution in [1.82, 2.24) is 15.5 Å². The highest BCUT2D eigenvalue weighted by atomic mass is 16.5. The maximum absolute atomic E-state index is 12.1. The fourth-order valence-corrected chi connectivity index (χ4v) is 2.13. The lowest BCUT2D eigenvalue weighted by Crippen LogP contribution is -2.42. The topological polar surface area (TPSA) is 105 Å². The van der Waals surface area contributed by atoms with Gasteiger partial charge >= 0.3 is 6.09 Å². The molecule has 1 heterocycles. The van der Waals surface area contributed by atoms with E-state index in [1.807, 2.05) is 0 Å². The van der Waals surface area contributed by atoms with Gasteiger partial charge in [0.2, 0.25) is 5.91 Å². The number of rotatable bonds is 7. The second-order valence-electron chi connectivity index (χ2n) is 4.91. The van der Waals surface area contributed by atoms with Crippen LogP contribution in [0, 0.1) is 0 Å². The van der Waals surface area contributed by atoms with Crippen LogP contribution in [0.5, 0.6) is 0 Å². The summed E-state index contributed by atoms with van der Waals surface area (Å²) < 4.78 is 4.69. The Morgan fingerprint density at radius 3 is 2.25 bits per heavy atom. The zero-order valence-corrected chi connectivity index (χ0v) is 12.9. The van der Waals surface area contributed by atoms with Crippen LogP contribution in [0.4, 0.5) is 4.79 Å². The van der Waals surface area contributed by atoms with Gasteiger partial charge in [-0.3, -0.25) is 19.3 Å². The van der Waals surface area contributed by atoms with Crippen molar-refractivity contribution < 1.29 is 23.9 Å². The first-order valence-electron chi connectivity index (χ1n) is 7.28. The summed E-state index contributed by atoms with van der Waals surface area (Å²) in [5.41, 5.74) is 0.587. The lowest BCUT2D eigenvalue weighted by Gasteiger charge is -2.13. The van der Waals surface area contributed by atoms with Crippen LogP contribution in [0.15, 0.2) is 36.9 Å². The number of carbonyl (C=O) groups is 4. The molecule has 2 N–H and O–H groups in total. The molecule has 1 aliphatic heterocycles. The standard InChI is InChI=1S/C16H17N3O5/c1-2-9-24-16(23)18-8-7-17-13(20)10-19-14(21)11-5-3-4-6-12(11)15(19)22/h2-6H,1,7-10H2,(H,17,20)(H,18,23). The first-order chi connectivity index (χ1) is 11.5. The number of hydrogen-bond acceptors (Lipinski definition) is 5. The molecule has 0 aromatic heterocycles. The fraction of sp³-hybridized carbons (Fsp3) is 0.250. The summed E-state index contributed by atoms with van der Waals surface area (Å²) in [5, 5.41) is 4.94. The highest BCUT2D eigenvalue weighted by Crippen LogP contribution is 2.21. The third-order valence-corrected chi connectivity index (χ3v) is 3.23. The van der Waals surface area contributed by atoms with Crippen molar-refractivity contribution in [2.75, 3.05) is 26.2 Å². The molecule has 8 nitrogen and oxygen atoms in total. The summed E-state index contributed by atoms with van der Waals surface area (Å²) in [4.78, 5) is 48.1. The fourth-order valence-electron chi connectivity index (χ4n) is 2.13. The molecule has 1 aromatic carbocycles. The average Bonchev–Trinajstić information content (AvgIpc) is 2.82. The van der Waals surface area contributed by atoms with Gasteiger partial charge in [0, 0.05) is 13.1 Å². The number of amides is 4. The van der Waals surface area contributed by atoms with E-state index in [9.17, 15) is 19.2 Å². The first-order valence-corrected chi connectivity index (χ1v) is 7.28. The van der Waals surface area contributed by atoms with E-state index in [2.05, 4.69) is 17.2 Å². The average molecular weight is 331 g/mol. The highest BCUT2D eigenvalue weighted by molar-refractivity contribution is 6.22. The summed E-state index contributed by atoms with van der Waals surface area (Å²) in [6.45, 7) is 3.43. The van der Waals surface area contributed by atoms with Gasteiger partial charge in [0.25, 0.3) is 11.8 Å². The number of fused-ring (bicyclic) bond motifs is 1. The Bertz CT molecular complexity index is 651. The molecule has 2 rings (SSSR count). The van der Waals surface area contributed by atoms with E-state index in [0.717, 1.165) is 4.90 Å². The second kappa shape index (κ2) is 7.91. The number of imide groups is 1. The van der Waals surface area contributed by atoms with Crippen LogP contribution in [0.3, 0.4) is 0 Å². The number of nitrogens with zero attached hydrogens (tertiary/aromatic N) is 1. The quantitative estimate of drug-likeness (QED) is 0.425. The summed E-state index contributed by atoms with van der Waals surface area (Å²) in [6.07, 6.45) is 0.813. The largest absolute Gasteiger partial charge is 0.445 e. The normalized spacial score (nSPS) is 12.6. The Morgan fingerprint density at radius 1 is 1.08 bits per heavy atom. The lowest BCUT2D eigenvalue weighted by molar-refractivity contribution is -0.121. The van der Waals surface area contributed by atoms with Crippen LogP contribution in [0.2, 0.25) is 0 Å². The van der Waals surface area contributed by atoms with Crippen LogP contribution in [0.1, 0.15) is 20.7 Å². The van der Waals surface area contributed by atoms with Gasteiger partial charge < -0.3 is 15.4 Å². The van der Waals surface area contributed by atoms with Crippen molar-refractivity contribution in [1.29, 1.82) is 0 Å². The van der Waals surface area contributed by atoms with Crippen molar-refractivity contribution in [3.63, 3.8) is 0 Å². The number of benzene rings is 1. The van der Waals surface area contributed by atoms with Gasteiger partial charge in [-0.15, -0.1) is 0 Å². The van der Waals surface area contributed by atoms with Crippen molar-refractivity contribution in [3.05, 3.63) is 48.0 Å². The molecule has 0 aliphatic carbocycles. The van der Waals surface area contributed by atoms with Crippen LogP contribution < -0.4 is 10.6 Å². The molecule has 0 radical (unpaired) electrons. The molecule has 1 aliphatic rings. The number of ether oxygens (including phenoxy) is 1. The molecule has 0 bridgehead atoms. The predicted molar refractivity (Wildman–Crippen MR) is 84.4 cm³/mol. The van der Waals surface area contributed by atoms with Crippen molar-refractivity contribution in [2.45, 2.75) is 0 Å². The van der Waals surface area contributed by atoms with Crippen molar-refractivity contribution in [3.8, 4) is 0 Å². The number of hydrogen-bond donors (Lipinski definition) is 2. The predicted octanol–water partition coefficient (Wildman–Crippen LogP) is 0.311. The zero-order valence-electron chi connectivity index (χ0n) is 12.9. The monoisotopic (exact) mass is 331 g/mol. The van der Waals surface area contributed by atoms with E-state index < -0.39 is 23.8 Å². The third kappa shape index (κ3) is 3.97. The Morgan fingerprint density at radius 2 is 1.67 bits per heavy atom. The molecule has 8 heteroatoms. The van der Waals surface area contributed by atoms with Gasteiger partial charge in [-0.25, -0.2) is 4.79 Å². The molecule has 4 amide bonds. The van der Waals surface area contributed by atoms with E-state index in [0.29, 0.717) is 11.1 Å². The molecule has 24 heavy (non-hydrogen) atoms. The maximum Gasteiger partial charge on any atom is 0.407 e. The van der Waals surface area contributed by atoms with E-state index in [4.69, 9.17) is 4.74 Å². The minimum Gasteiger partial charge on any atom is -0.445 e. The van der Waals surface area contributed by atoms with Crippen molar-refractivity contribution in [2.24, 2.45) is 0 Å². The van der Waals surface area contributed by atoms with Crippen LogP contribution in [-0.2, 0) is 9.53 Å². The van der Waals surface area contributed by atoms with E-state index in [1.54, 1.807) is 24.3 Å². The summed E-state index contributed by atoms with van der Waals surface area (Å²) in [5.74, 6) is -1.47. The van der Waals surface area contributed by atoms with Gasteiger partial charge in [-0.05, 0) is 12.1 Å². The van der Waals surface area contributed by atoms with Crippen LogP contribution >= 0.6 is 0 Å². The lowest BCUT2D eigenvalue weighted by atomic mass is 10.1. The summed E-state index contributed by atoms with van der Waals surface area (Å²) in [7, 11) is 0. The number of alkyl carbamates (subject to hydrolysis) is 1. The summed E-state index contributed by atoms with van der Waals surface area (Å²) in [6, 6.07) is 6.41. The van der Waals surface area contributed by atoms with E-state index in [-0.39, 0.29) is 26.2 Å². The van der Waals surface area contributed by atoms with E-state index >= 15 is 0 Å². The number of nitrogens with one attached hydrogen (secondary N) is 2. The minimum absolute atomic E-state index is 0.0952. The summed E-state index contributed by atoms with van der Waals surface area (Å²) >= 11 is 0. The van der Waals surface area contributed by atoms with Gasteiger partial charge in [0.05, 0.1) is 11.1 Å². The molecule has 0 unspecified atom stereocenters. The third-order valence-electron chi connectivity index (χ3n) is 3.23. The molecule has 1 aromatic rings. The molecule has 0 saturated heterocycles. The molecule has 0 spiro atoms. The molecule has 0 saturated carbocycles. The molecule has 0 atom stereocenters. The van der Waals surface area contributed by atoms with Gasteiger partial charge in [-0.1, -0.05) is 24.8 Å². The van der Waals surface area contributed by atoms with Gasteiger partial charge in [0.15, 0.2) is 0 Å². The molecule has 0 fully saturated rings. The molecular formula is C16H17N3O5. The number of carbonyl (C=O) groups excluding carboxylic acids is 4. The van der Waals surface area contributed by atoms with Crippen LogP contribution in [0.25, 0.3) is 0 Å². The Balaban J connectivity index is 1.76. The van der Waals surface area contributed by atoms with E-state index in [1.165, 1.54) is 6.08 Å². The maximum atomic E-state index is 12.1. The Labute approximate surface area is 138 Å². The van der Waals surface area contributed by atoms with Gasteiger partial charge in [-0.2, -0.15) is 0 Å². The molecular weight excluding hydrogens is 314 g/mol.